The fraction of sp³-hybridized carbons (Fsp3) is 0.875. The number of amides is 2. The number of carbonyl (C=O) groups excluding carboxylic acids is 2. The van der Waals surface area contributed by atoms with Crippen LogP contribution in [-0.2, 0) is 14.3 Å². The van der Waals surface area contributed by atoms with E-state index in [1.807, 2.05) is 23.6 Å². The van der Waals surface area contributed by atoms with Gasteiger partial charge in [-0.3, -0.25) is 9.59 Å². The van der Waals surface area contributed by atoms with Gasteiger partial charge in [0.25, 0.3) is 0 Å². The maximum atomic E-state index is 12.5. The molecule has 3 saturated heterocycles. The minimum atomic E-state index is -0.103. The van der Waals surface area contributed by atoms with E-state index in [2.05, 4.69) is 5.32 Å². The van der Waals surface area contributed by atoms with E-state index < -0.39 is 0 Å². The summed E-state index contributed by atoms with van der Waals surface area (Å²) in [5.74, 6) is 2.51. The molecule has 3 aliphatic heterocycles. The van der Waals surface area contributed by atoms with Crippen molar-refractivity contribution in [3.8, 4) is 0 Å². The summed E-state index contributed by atoms with van der Waals surface area (Å²) in [6, 6.07) is -0.103. The summed E-state index contributed by atoms with van der Waals surface area (Å²) < 4.78 is 5.68. The zero-order valence-corrected chi connectivity index (χ0v) is 14.8. The van der Waals surface area contributed by atoms with Crippen LogP contribution in [-0.4, -0.2) is 77.7 Å². The smallest absolute Gasteiger partial charge is 0.240 e. The number of nitrogens with zero attached hydrogens (tertiary/aromatic N) is 2. The number of ether oxygens (including phenoxy) is 1. The van der Waals surface area contributed by atoms with Crippen molar-refractivity contribution in [2.45, 2.75) is 44.9 Å². The Morgan fingerprint density at radius 1 is 1.22 bits per heavy atom. The predicted molar refractivity (Wildman–Crippen MR) is 90.1 cm³/mol. The molecule has 0 aromatic carbocycles. The molecule has 0 aliphatic carbocycles. The first-order chi connectivity index (χ1) is 11.0. The molecule has 130 valence electrons. The lowest BCUT2D eigenvalue weighted by atomic mass is 10.00. The molecule has 3 rings (SSSR count). The predicted octanol–water partition coefficient (Wildman–Crippen LogP) is 0.523. The van der Waals surface area contributed by atoms with Crippen LogP contribution < -0.4 is 5.32 Å². The highest BCUT2D eigenvalue weighted by Gasteiger charge is 2.35. The van der Waals surface area contributed by atoms with Crippen molar-refractivity contribution in [2.75, 3.05) is 37.8 Å². The normalized spacial score (nSPS) is 34.9. The van der Waals surface area contributed by atoms with Crippen LogP contribution in [0.3, 0.4) is 0 Å². The molecule has 4 atom stereocenters. The quantitative estimate of drug-likeness (QED) is 0.811. The molecule has 3 heterocycles. The molecule has 0 spiro atoms. The Bertz CT molecular complexity index is 446. The van der Waals surface area contributed by atoms with Gasteiger partial charge in [0.05, 0.1) is 24.1 Å². The van der Waals surface area contributed by atoms with Gasteiger partial charge in [-0.05, 0) is 32.7 Å². The summed E-state index contributed by atoms with van der Waals surface area (Å²) in [4.78, 5) is 28.8. The van der Waals surface area contributed by atoms with Gasteiger partial charge in [-0.25, -0.2) is 0 Å². The van der Waals surface area contributed by atoms with Gasteiger partial charge < -0.3 is 19.9 Å². The van der Waals surface area contributed by atoms with Gasteiger partial charge in [0.15, 0.2) is 0 Å². The number of hydrogen-bond acceptors (Lipinski definition) is 5. The highest BCUT2D eigenvalue weighted by molar-refractivity contribution is 7.99. The Kier molecular flexibility index (Phi) is 5.49. The van der Waals surface area contributed by atoms with Crippen molar-refractivity contribution in [3.63, 3.8) is 0 Å². The molecule has 3 aliphatic rings. The number of rotatable bonds is 3. The van der Waals surface area contributed by atoms with Gasteiger partial charge in [-0.2, -0.15) is 0 Å². The molecule has 7 heteroatoms. The van der Waals surface area contributed by atoms with E-state index >= 15 is 0 Å². The fourth-order valence-corrected chi connectivity index (χ4v) is 4.67. The number of carbonyl (C=O) groups is 2. The maximum absolute atomic E-state index is 12.5. The van der Waals surface area contributed by atoms with Crippen LogP contribution in [0.5, 0.6) is 0 Å². The molecule has 6 nitrogen and oxygen atoms in total. The average Bonchev–Trinajstić information content (AvgIpc) is 3.17. The largest absolute Gasteiger partial charge is 0.372 e. The summed E-state index contributed by atoms with van der Waals surface area (Å²) in [5.41, 5.74) is 0. The van der Waals surface area contributed by atoms with Crippen molar-refractivity contribution >= 4 is 23.6 Å². The van der Waals surface area contributed by atoms with Gasteiger partial charge >= 0.3 is 0 Å². The lowest BCUT2D eigenvalue weighted by Gasteiger charge is -2.35. The molecule has 0 bridgehead atoms. The molecular weight excluding hydrogens is 314 g/mol. The van der Waals surface area contributed by atoms with Crippen molar-refractivity contribution in [1.82, 2.24) is 15.1 Å². The van der Waals surface area contributed by atoms with E-state index in [1.165, 1.54) is 0 Å². The molecular formula is C16H27N3O3S. The summed E-state index contributed by atoms with van der Waals surface area (Å²) >= 11 is 1.80. The second-order valence-corrected chi connectivity index (χ2v) is 8.04. The number of hydrogen-bond donors (Lipinski definition) is 1. The zero-order valence-electron chi connectivity index (χ0n) is 14.0. The van der Waals surface area contributed by atoms with Crippen LogP contribution >= 0.6 is 11.8 Å². The van der Waals surface area contributed by atoms with Gasteiger partial charge in [0, 0.05) is 31.8 Å². The Balaban J connectivity index is 1.47. The van der Waals surface area contributed by atoms with Gasteiger partial charge in [0.2, 0.25) is 11.8 Å². The van der Waals surface area contributed by atoms with Crippen molar-refractivity contribution in [2.24, 2.45) is 5.92 Å². The Morgan fingerprint density at radius 2 is 1.96 bits per heavy atom. The van der Waals surface area contributed by atoms with Crippen LogP contribution in [0.25, 0.3) is 0 Å². The van der Waals surface area contributed by atoms with Crippen LogP contribution in [0.4, 0.5) is 0 Å². The highest BCUT2D eigenvalue weighted by atomic mass is 32.2. The van der Waals surface area contributed by atoms with Crippen molar-refractivity contribution < 1.29 is 14.3 Å². The second kappa shape index (κ2) is 7.40. The summed E-state index contributed by atoms with van der Waals surface area (Å²) in [7, 11) is 0. The summed E-state index contributed by atoms with van der Waals surface area (Å²) in [6.45, 7) is 6.99. The first kappa shape index (κ1) is 17.0. The third kappa shape index (κ3) is 4.19. The first-order valence-electron chi connectivity index (χ1n) is 8.56. The van der Waals surface area contributed by atoms with Crippen molar-refractivity contribution in [3.05, 3.63) is 0 Å². The van der Waals surface area contributed by atoms with E-state index in [-0.39, 0.29) is 36.0 Å². The van der Waals surface area contributed by atoms with Crippen molar-refractivity contribution in [1.29, 1.82) is 0 Å². The zero-order chi connectivity index (χ0) is 16.4. The van der Waals surface area contributed by atoms with Gasteiger partial charge in [0.1, 0.15) is 0 Å². The van der Waals surface area contributed by atoms with Crippen LogP contribution in [0.15, 0.2) is 0 Å². The van der Waals surface area contributed by atoms with Gasteiger partial charge in [-0.1, -0.05) is 0 Å². The molecule has 3 fully saturated rings. The summed E-state index contributed by atoms with van der Waals surface area (Å²) in [6.07, 6.45) is 1.52. The SMILES string of the molecule is CC1CN(C(=O)CC2CN[C@H](C(=O)N3CCSC3)C2)CC(C)O1. The standard InChI is InChI=1S/C16H27N3O3S/c1-11-8-19(9-12(2)22-11)15(20)6-13-5-14(17-7-13)16(21)18-3-4-23-10-18/h11-14,17H,3-10H2,1-2H3/t11?,12?,13?,14-/m0/s1. The molecule has 2 amide bonds. The van der Waals surface area contributed by atoms with E-state index in [0.29, 0.717) is 19.5 Å². The van der Waals surface area contributed by atoms with Gasteiger partial charge in [-0.15, -0.1) is 11.8 Å². The topological polar surface area (TPSA) is 61.9 Å². The van der Waals surface area contributed by atoms with Crippen LogP contribution in [0.2, 0.25) is 0 Å². The maximum Gasteiger partial charge on any atom is 0.240 e. The van der Waals surface area contributed by atoms with Crippen LogP contribution in [0, 0.1) is 5.92 Å². The fourth-order valence-electron chi connectivity index (χ4n) is 3.72. The second-order valence-electron chi connectivity index (χ2n) is 6.96. The minimum absolute atomic E-state index is 0.103. The molecule has 23 heavy (non-hydrogen) atoms. The number of nitrogens with one attached hydrogen (secondary N) is 1. The molecule has 0 radical (unpaired) electrons. The van der Waals surface area contributed by atoms with E-state index in [9.17, 15) is 9.59 Å². The Hall–Kier alpha value is -0.790. The van der Waals surface area contributed by atoms with E-state index in [0.717, 1.165) is 31.1 Å². The molecule has 0 aromatic heterocycles. The Labute approximate surface area is 142 Å². The monoisotopic (exact) mass is 341 g/mol. The molecule has 3 unspecified atom stereocenters. The third-order valence-electron chi connectivity index (χ3n) is 4.82. The van der Waals surface area contributed by atoms with Crippen LogP contribution in [0.1, 0.15) is 26.7 Å². The first-order valence-corrected chi connectivity index (χ1v) is 9.71. The molecule has 0 saturated carbocycles. The minimum Gasteiger partial charge on any atom is -0.372 e. The highest BCUT2D eigenvalue weighted by Crippen LogP contribution is 2.23. The van der Waals surface area contributed by atoms with E-state index in [1.54, 1.807) is 11.8 Å². The number of thioether (sulfide) groups is 1. The summed E-state index contributed by atoms with van der Waals surface area (Å²) in [5, 5.41) is 3.31. The lowest BCUT2D eigenvalue weighted by molar-refractivity contribution is -0.144. The lowest BCUT2D eigenvalue weighted by Crippen LogP contribution is -2.48. The number of morpholine rings is 1. The third-order valence-corrected chi connectivity index (χ3v) is 5.79. The Morgan fingerprint density at radius 3 is 2.61 bits per heavy atom. The molecule has 1 N–H and O–H groups in total. The van der Waals surface area contributed by atoms with E-state index in [4.69, 9.17) is 4.74 Å². The molecule has 0 aromatic rings. The average molecular weight is 341 g/mol.